The lowest BCUT2D eigenvalue weighted by Gasteiger charge is -2.17. The number of hydrogen-bond acceptors (Lipinski definition) is 4. The van der Waals surface area contributed by atoms with Gasteiger partial charge in [-0.15, -0.1) is 0 Å². The van der Waals surface area contributed by atoms with Crippen LogP contribution in [0.1, 0.15) is 5.56 Å². The number of nitrogens with two attached hydrogens (primary N) is 1. The fraction of sp³-hybridized carbons (Fsp3) is 0. The normalized spacial score (nSPS) is 15.0. The second-order valence-corrected chi connectivity index (χ2v) is 2.93. The molecular weight excluding hydrogens is 182 g/mol. The van der Waals surface area contributed by atoms with Crippen molar-refractivity contribution in [2.45, 2.75) is 0 Å². The predicted molar refractivity (Wildman–Crippen MR) is 51.3 cm³/mol. The molecule has 70 valence electrons. The Morgan fingerprint density at radius 3 is 2.71 bits per heavy atom. The van der Waals surface area contributed by atoms with E-state index in [0.717, 1.165) is 0 Å². The van der Waals surface area contributed by atoms with Gasteiger partial charge in [-0.25, -0.2) is 0 Å². The number of hydrogen-bond donors (Lipinski definition) is 3. The highest BCUT2D eigenvalue weighted by Gasteiger charge is 2.30. The van der Waals surface area contributed by atoms with E-state index in [1.807, 2.05) is 0 Å². The maximum Gasteiger partial charge on any atom is 0.298 e. The Morgan fingerprint density at radius 2 is 2.00 bits per heavy atom. The molecule has 5 nitrogen and oxygen atoms in total. The number of benzene rings is 1. The molecule has 14 heavy (non-hydrogen) atoms. The standard InChI is InChI=1S/C9H7N3O2/c10-4-2-1-3-5-6(4)7(11)8(13)9(14)12-5/h1-3,11H,10H2,(H,12,14). The number of fused-ring (bicyclic) bond motifs is 1. The molecular formula is C9H7N3O2. The lowest BCUT2D eigenvalue weighted by atomic mass is 9.98. The Balaban J connectivity index is 2.68. The lowest BCUT2D eigenvalue weighted by molar-refractivity contribution is -0.131. The van der Waals surface area contributed by atoms with Gasteiger partial charge in [0.15, 0.2) is 0 Å². The lowest BCUT2D eigenvalue weighted by Crippen LogP contribution is -2.36. The minimum absolute atomic E-state index is 0.303. The van der Waals surface area contributed by atoms with Crippen molar-refractivity contribution in [2.24, 2.45) is 0 Å². The molecule has 0 aliphatic carbocycles. The van der Waals surface area contributed by atoms with Crippen LogP contribution in [-0.4, -0.2) is 17.4 Å². The number of nitrogen functional groups attached to an aromatic ring is 1. The molecule has 0 radical (unpaired) electrons. The van der Waals surface area contributed by atoms with Crippen LogP contribution in [0.4, 0.5) is 11.4 Å². The molecule has 2 rings (SSSR count). The van der Waals surface area contributed by atoms with Gasteiger partial charge >= 0.3 is 0 Å². The molecule has 0 spiro atoms. The molecule has 0 saturated carbocycles. The molecule has 0 unspecified atom stereocenters. The molecule has 1 amide bonds. The summed E-state index contributed by atoms with van der Waals surface area (Å²) in [6.45, 7) is 0. The van der Waals surface area contributed by atoms with Crippen molar-refractivity contribution in [1.29, 1.82) is 5.41 Å². The van der Waals surface area contributed by atoms with Crippen LogP contribution in [0.5, 0.6) is 0 Å². The smallest absolute Gasteiger partial charge is 0.298 e. The highest BCUT2D eigenvalue weighted by molar-refractivity contribution is 6.71. The van der Waals surface area contributed by atoms with Gasteiger partial charge in [0.1, 0.15) is 5.71 Å². The number of anilines is 2. The van der Waals surface area contributed by atoms with Crippen molar-refractivity contribution in [3.63, 3.8) is 0 Å². The van der Waals surface area contributed by atoms with Gasteiger partial charge in [-0.2, -0.15) is 0 Å². The van der Waals surface area contributed by atoms with Gasteiger partial charge in [-0.3, -0.25) is 15.0 Å². The van der Waals surface area contributed by atoms with Gasteiger partial charge < -0.3 is 11.1 Å². The summed E-state index contributed by atoms with van der Waals surface area (Å²) in [6, 6.07) is 4.83. The van der Waals surface area contributed by atoms with Gasteiger partial charge in [0.25, 0.3) is 11.7 Å². The van der Waals surface area contributed by atoms with E-state index in [-0.39, 0.29) is 5.71 Å². The van der Waals surface area contributed by atoms with Crippen molar-refractivity contribution in [3.05, 3.63) is 23.8 Å². The fourth-order valence-corrected chi connectivity index (χ4v) is 1.36. The topological polar surface area (TPSA) is 96.0 Å². The van der Waals surface area contributed by atoms with Crippen LogP contribution in [0.25, 0.3) is 0 Å². The molecule has 1 aliphatic heterocycles. The second-order valence-electron chi connectivity index (χ2n) is 2.93. The SMILES string of the molecule is N=C1C(=O)C(=O)Nc2cccc(N)c21. The molecule has 5 heteroatoms. The molecule has 1 heterocycles. The summed E-state index contributed by atoms with van der Waals surface area (Å²) < 4.78 is 0. The number of rotatable bonds is 0. The third kappa shape index (κ3) is 0.990. The minimum atomic E-state index is -0.851. The Hall–Kier alpha value is -2.17. The Morgan fingerprint density at radius 1 is 1.29 bits per heavy atom. The van der Waals surface area contributed by atoms with Crippen molar-refractivity contribution < 1.29 is 9.59 Å². The zero-order chi connectivity index (χ0) is 10.3. The summed E-state index contributed by atoms with van der Waals surface area (Å²) >= 11 is 0. The monoisotopic (exact) mass is 189 g/mol. The summed E-state index contributed by atoms with van der Waals surface area (Å²) in [5.41, 5.74) is 6.29. The van der Waals surface area contributed by atoms with E-state index in [1.165, 1.54) is 0 Å². The average molecular weight is 189 g/mol. The zero-order valence-corrected chi connectivity index (χ0v) is 7.13. The molecule has 1 aromatic carbocycles. The Kier molecular flexibility index (Phi) is 1.60. The number of Topliss-reactive ketones (excluding diaryl/α,β-unsaturated/α-hetero) is 1. The summed E-state index contributed by atoms with van der Waals surface area (Å²) in [4.78, 5) is 22.2. The quantitative estimate of drug-likeness (QED) is 0.400. The van der Waals surface area contributed by atoms with E-state index in [9.17, 15) is 9.59 Å². The molecule has 0 atom stereocenters. The summed E-state index contributed by atoms with van der Waals surface area (Å²) in [5.74, 6) is -1.64. The van der Waals surface area contributed by atoms with Crippen molar-refractivity contribution in [1.82, 2.24) is 0 Å². The number of ketones is 1. The molecule has 0 saturated heterocycles. The summed E-state index contributed by atoms with van der Waals surface area (Å²) in [5, 5.41) is 9.83. The van der Waals surface area contributed by atoms with Crippen LogP contribution in [-0.2, 0) is 9.59 Å². The molecule has 1 aliphatic rings. The third-order valence-corrected chi connectivity index (χ3v) is 2.03. The molecule has 4 N–H and O–H groups in total. The van der Waals surface area contributed by atoms with Gasteiger partial charge in [-0.05, 0) is 12.1 Å². The summed E-state index contributed by atoms with van der Waals surface area (Å²) in [6.07, 6.45) is 0. The first kappa shape index (κ1) is 8.43. The van der Waals surface area contributed by atoms with E-state index < -0.39 is 11.7 Å². The van der Waals surface area contributed by atoms with Crippen LogP contribution < -0.4 is 11.1 Å². The Labute approximate surface area is 79.4 Å². The number of amides is 1. The first-order valence-electron chi connectivity index (χ1n) is 3.94. The first-order valence-corrected chi connectivity index (χ1v) is 3.94. The van der Waals surface area contributed by atoms with Crippen molar-refractivity contribution in [3.8, 4) is 0 Å². The highest BCUT2D eigenvalue weighted by Crippen LogP contribution is 2.25. The van der Waals surface area contributed by atoms with Crippen molar-refractivity contribution in [2.75, 3.05) is 11.1 Å². The molecule has 0 bridgehead atoms. The average Bonchev–Trinajstić information content (AvgIpc) is 2.14. The van der Waals surface area contributed by atoms with Gasteiger partial charge in [0.2, 0.25) is 0 Å². The molecule has 0 fully saturated rings. The number of carbonyl (C=O) groups excluding carboxylic acids is 2. The van der Waals surface area contributed by atoms with Crippen LogP contribution in [0.15, 0.2) is 18.2 Å². The van der Waals surface area contributed by atoms with Gasteiger partial charge in [0, 0.05) is 5.69 Å². The zero-order valence-electron chi connectivity index (χ0n) is 7.13. The summed E-state index contributed by atoms with van der Waals surface area (Å²) in [7, 11) is 0. The maximum absolute atomic E-state index is 11.1. The van der Waals surface area contributed by atoms with E-state index in [4.69, 9.17) is 11.1 Å². The Bertz CT molecular complexity index is 465. The second kappa shape index (κ2) is 2.66. The minimum Gasteiger partial charge on any atom is -0.398 e. The predicted octanol–water partition coefficient (Wildman–Crippen LogP) is 0.158. The third-order valence-electron chi connectivity index (χ3n) is 2.03. The highest BCUT2D eigenvalue weighted by atomic mass is 16.2. The largest absolute Gasteiger partial charge is 0.398 e. The first-order chi connectivity index (χ1) is 6.61. The van der Waals surface area contributed by atoms with E-state index in [1.54, 1.807) is 18.2 Å². The van der Waals surface area contributed by atoms with Crippen LogP contribution in [0, 0.1) is 5.41 Å². The van der Waals surface area contributed by atoms with E-state index in [2.05, 4.69) is 5.32 Å². The number of carbonyl (C=O) groups is 2. The van der Waals surface area contributed by atoms with Gasteiger partial charge in [-0.1, -0.05) is 6.07 Å². The molecule has 1 aromatic rings. The maximum atomic E-state index is 11.1. The number of nitrogens with one attached hydrogen (secondary N) is 2. The van der Waals surface area contributed by atoms with Crippen LogP contribution >= 0.6 is 0 Å². The van der Waals surface area contributed by atoms with Crippen LogP contribution in [0.2, 0.25) is 0 Å². The van der Waals surface area contributed by atoms with E-state index in [0.29, 0.717) is 16.9 Å². The van der Waals surface area contributed by atoms with Crippen molar-refractivity contribution >= 4 is 28.8 Å². The van der Waals surface area contributed by atoms with Crippen LogP contribution in [0.3, 0.4) is 0 Å². The molecule has 0 aromatic heterocycles. The van der Waals surface area contributed by atoms with E-state index >= 15 is 0 Å². The van der Waals surface area contributed by atoms with Gasteiger partial charge in [0.05, 0.1) is 11.3 Å². The fourth-order valence-electron chi connectivity index (χ4n) is 1.36.